The van der Waals surface area contributed by atoms with E-state index in [0.717, 1.165) is 16.3 Å². The number of carbonyl (C=O) groups excluding carboxylic acids is 1. The molecule has 0 bridgehead atoms. The molecule has 1 heterocycles. The highest BCUT2D eigenvalue weighted by atomic mass is 32.2. The molecule has 3 rings (SSSR count). The third-order valence-electron chi connectivity index (χ3n) is 3.53. The molecule has 27 heavy (non-hydrogen) atoms. The van der Waals surface area contributed by atoms with Crippen LogP contribution in [0, 0.1) is 0 Å². The molecule has 0 aliphatic rings. The number of nitrogens with zero attached hydrogens (tertiary/aromatic N) is 3. The molecule has 0 radical (unpaired) electrons. The van der Waals surface area contributed by atoms with Crippen LogP contribution in [0.3, 0.4) is 0 Å². The van der Waals surface area contributed by atoms with Crippen molar-refractivity contribution >= 4 is 35.1 Å². The third-order valence-corrected chi connectivity index (χ3v) is 5.20. The second kappa shape index (κ2) is 9.33. The number of ether oxygens (including phenoxy) is 1. The first-order valence-electron chi connectivity index (χ1n) is 8.09. The average Bonchev–Trinajstić information content (AvgIpc) is 3.05. The van der Waals surface area contributed by atoms with Crippen molar-refractivity contribution in [1.29, 1.82) is 0 Å². The van der Waals surface area contributed by atoms with E-state index in [1.54, 1.807) is 11.8 Å². The molecule has 3 aromatic rings. The van der Waals surface area contributed by atoms with Crippen LogP contribution in [0.1, 0.15) is 5.82 Å². The van der Waals surface area contributed by atoms with Crippen molar-refractivity contribution in [3.8, 4) is 5.75 Å². The van der Waals surface area contributed by atoms with Gasteiger partial charge in [-0.1, -0.05) is 36.0 Å². The Bertz CT molecular complexity index is 902. The lowest BCUT2D eigenvalue weighted by atomic mass is 10.3. The number of para-hydroxylation sites is 1. The van der Waals surface area contributed by atoms with Crippen molar-refractivity contribution in [1.82, 2.24) is 14.9 Å². The Hall–Kier alpha value is -2.65. The zero-order chi connectivity index (χ0) is 19.1. The summed E-state index contributed by atoms with van der Waals surface area (Å²) in [4.78, 5) is 13.2. The second-order valence-electron chi connectivity index (χ2n) is 5.44. The Morgan fingerprint density at radius 3 is 2.78 bits per heavy atom. The fraction of sp³-hybridized carbons (Fsp3) is 0.167. The first-order valence-corrected chi connectivity index (χ1v) is 10.3. The summed E-state index contributed by atoms with van der Waals surface area (Å²) in [6, 6.07) is 17.1. The van der Waals surface area contributed by atoms with Gasteiger partial charge >= 0.3 is 0 Å². The first kappa shape index (κ1) is 19.1. The normalized spacial score (nSPS) is 10.6. The zero-order valence-electron chi connectivity index (χ0n) is 14.7. The molecule has 0 saturated carbocycles. The van der Waals surface area contributed by atoms with E-state index in [1.807, 2.05) is 60.9 Å². The second-order valence-corrected chi connectivity index (χ2v) is 7.26. The van der Waals surface area contributed by atoms with E-state index in [4.69, 9.17) is 10.6 Å². The van der Waals surface area contributed by atoms with Crippen LogP contribution in [-0.2, 0) is 11.4 Å². The van der Waals surface area contributed by atoms with Gasteiger partial charge < -0.3 is 15.9 Å². The molecule has 0 saturated heterocycles. The van der Waals surface area contributed by atoms with E-state index in [2.05, 4.69) is 15.5 Å². The molecule has 1 amide bonds. The summed E-state index contributed by atoms with van der Waals surface area (Å²) in [5.41, 5.74) is 0.763. The van der Waals surface area contributed by atoms with Crippen molar-refractivity contribution in [2.24, 2.45) is 0 Å². The Kier molecular flexibility index (Phi) is 6.61. The van der Waals surface area contributed by atoms with Crippen molar-refractivity contribution in [2.45, 2.75) is 16.7 Å². The molecule has 7 nitrogen and oxygen atoms in total. The van der Waals surface area contributed by atoms with E-state index in [-0.39, 0.29) is 18.3 Å². The fourth-order valence-electron chi connectivity index (χ4n) is 2.20. The summed E-state index contributed by atoms with van der Waals surface area (Å²) in [5, 5.41) is 11.4. The van der Waals surface area contributed by atoms with E-state index in [0.29, 0.717) is 11.0 Å². The van der Waals surface area contributed by atoms with Gasteiger partial charge in [0.2, 0.25) is 11.1 Å². The molecule has 0 atom stereocenters. The van der Waals surface area contributed by atoms with Crippen molar-refractivity contribution in [2.75, 3.05) is 23.2 Å². The Balaban J connectivity index is 1.52. The van der Waals surface area contributed by atoms with Gasteiger partial charge in [-0.2, -0.15) is 0 Å². The van der Waals surface area contributed by atoms with Crippen LogP contribution in [0.5, 0.6) is 5.75 Å². The number of anilines is 1. The zero-order valence-corrected chi connectivity index (χ0v) is 16.3. The van der Waals surface area contributed by atoms with Gasteiger partial charge in [0, 0.05) is 10.6 Å². The number of rotatable bonds is 8. The number of nitrogens with two attached hydrogens (primary N) is 1. The number of thioether (sulfide) groups is 2. The van der Waals surface area contributed by atoms with Crippen LogP contribution in [-0.4, -0.2) is 32.8 Å². The minimum absolute atomic E-state index is 0.136. The number of aromatic nitrogens is 3. The lowest BCUT2D eigenvalue weighted by molar-refractivity contribution is -0.113. The molecule has 0 spiro atoms. The number of nitrogen functional groups attached to an aromatic ring is 1. The minimum Gasteiger partial charge on any atom is -0.486 e. The predicted molar refractivity (Wildman–Crippen MR) is 109 cm³/mol. The average molecular weight is 402 g/mol. The number of hydrogen-bond acceptors (Lipinski definition) is 7. The van der Waals surface area contributed by atoms with Gasteiger partial charge in [-0.25, -0.2) is 4.68 Å². The van der Waals surface area contributed by atoms with E-state index in [9.17, 15) is 4.79 Å². The monoisotopic (exact) mass is 401 g/mol. The van der Waals surface area contributed by atoms with Crippen LogP contribution in [0.4, 0.5) is 5.69 Å². The standard InChI is InChI=1S/C18H19N5O2S2/c1-26-15-9-5-6-13(10-15)20-17(24)12-27-18-22-21-16(23(18)19)11-25-14-7-3-2-4-8-14/h2-10H,11-12,19H2,1H3,(H,20,24). The Morgan fingerprint density at radius 2 is 2.00 bits per heavy atom. The van der Waals surface area contributed by atoms with Gasteiger partial charge in [-0.3, -0.25) is 4.79 Å². The number of hydrogen-bond donors (Lipinski definition) is 2. The summed E-state index contributed by atoms with van der Waals surface area (Å²) < 4.78 is 6.96. The van der Waals surface area contributed by atoms with Gasteiger partial charge in [0.1, 0.15) is 12.4 Å². The van der Waals surface area contributed by atoms with E-state index < -0.39 is 0 Å². The molecule has 0 fully saturated rings. The molecule has 2 aromatic carbocycles. The largest absolute Gasteiger partial charge is 0.486 e. The van der Waals surface area contributed by atoms with Crippen LogP contribution in [0.15, 0.2) is 64.6 Å². The topological polar surface area (TPSA) is 95.1 Å². The summed E-state index contributed by atoms with van der Waals surface area (Å²) in [6.07, 6.45) is 1.99. The van der Waals surface area contributed by atoms with Crippen molar-refractivity contribution in [3.63, 3.8) is 0 Å². The Morgan fingerprint density at radius 1 is 1.19 bits per heavy atom. The summed E-state index contributed by atoms with van der Waals surface area (Å²) >= 11 is 2.84. The molecule has 3 N–H and O–H groups in total. The summed E-state index contributed by atoms with van der Waals surface area (Å²) in [6.45, 7) is 0.196. The van der Waals surface area contributed by atoms with Gasteiger partial charge in [0.15, 0.2) is 5.82 Å². The maximum atomic E-state index is 12.2. The van der Waals surface area contributed by atoms with Crippen molar-refractivity contribution < 1.29 is 9.53 Å². The lowest BCUT2D eigenvalue weighted by Gasteiger charge is -2.07. The highest BCUT2D eigenvalue weighted by Crippen LogP contribution is 2.20. The predicted octanol–water partition coefficient (Wildman–Crippen LogP) is 3.02. The molecular formula is C18H19N5O2S2. The van der Waals surface area contributed by atoms with Crippen LogP contribution in [0.2, 0.25) is 0 Å². The van der Waals surface area contributed by atoms with Gasteiger partial charge in [-0.15, -0.1) is 22.0 Å². The minimum atomic E-state index is -0.136. The highest BCUT2D eigenvalue weighted by Gasteiger charge is 2.13. The van der Waals surface area contributed by atoms with Gasteiger partial charge in [-0.05, 0) is 36.6 Å². The molecule has 140 valence electrons. The van der Waals surface area contributed by atoms with Crippen LogP contribution in [0.25, 0.3) is 0 Å². The summed E-state index contributed by atoms with van der Waals surface area (Å²) in [7, 11) is 0. The van der Waals surface area contributed by atoms with Crippen LogP contribution < -0.4 is 15.9 Å². The SMILES string of the molecule is CSc1cccc(NC(=O)CSc2nnc(COc3ccccc3)n2N)c1. The molecule has 1 aromatic heterocycles. The van der Waals surface area contributed by atoms with Crippen LogP contribution >= 0.6 is 23.5 Å². The highest BCUT2D eigenvalue weighted by molar-refractivity contribution is 7.99. The van der Waals surface area contributed by atoms with E-state index in [1.165, 1.54) is 16.4 Å². The first-order chi connectivity index (χ1) is 13.2. The number of benzene rings is 2. The lowest BCUT2D eigenvalue weighted by Crippen LogP contribution is -2.18. The maximum Gasteiger partial charge on any atom is 0.234 e. The number of nitrogens with one attached hydrogen (secondary N) is 1. The quantitative estimate of drug-likeness (QED) is 0.442. The van der Waals surface area contributed by atoms with E-state index >= 15 is 0 Å². The van der Waals surface area contributed by atoms with Gasteiger partial charge in [0.25, 0.3) is 0 Å². The molecule has 0 aliphatic carbocycles. The number of carbonyl (C=O) groups is 1. The third kappa shape index (κ3) is 5.41. The smallest absolute Gasteiger partial charge is 0.234 e. The van der Waals surface area contributed by atoms with Gasteiger partial charge in [0.05, 0.1) is 5.75 Å². The molecular weight excluding hydrogens is 382 g/mol. The number of amides is 1. The summed E-state index contributed by atoms with van der Waals surface area (Å²) in [5.74, 6) is 7.25. The molecule has 0 unspecified atom stereocenters. The maximum absolute atomic E-state index is 12.2. The van der Waals surface area contributed by atoms with Crippen molar-refractivity contribution in [3.05, 3.63) is 60.4 Å². The fourth-order valence-corrected chi connectivity index (χ4v) is 3.33. The molecule has 0 aliphatic heterocycles. The Labute approximate surface area is 165 Å². The molecule has 9 heteroatoms.